The summed E-state index contributed by atoms with van der Waals surface area (Å²) in [6.45, 7) is 1.89. The molecule has 0 spiro atoms. The fraction of sp³-hybridized carbons (Fsp3) is 0.200. The normalized spacial score (nSPS) is 12.0. The van der Waals surface area contributed by atoms with Crippen LogP contribution in [0.15, 0.2) is 54.6 Å². The minimum atomic E-state index is -0.301. The number of hydrogen-bond acceptors (Lipinski definition) is 2. The minimum Gasteiger partial charge on any atom is -0.355 e. The number of amides is 2. The molecule has 0 aromatic heterocycles. The zero-order valence-electron chi connectivity index (χ0n) is 14.5. The third kappa shape index (κ3) is 4.76. The van der Waals surface area contributed by atoms with Gasteiger partial charge in [-0.25, -0.2) is 4.39 Å². The van der Waals surface area contributed by atoms with Crippen LogP contribution in [-0.4, -0.2) is 30.8 Å². The number of rotatable bonds is 5. The second kappa shape index (κ2) is 8.24. The summed E-state index contributed by atoms with van der Waals surface area (Å²) < 4.78 is 13.0. The zero-order chi connectivity index (χ0) is 18.4. The van der Waals surface area contributed by atoms with Gasteiger partial charge in [0.05, 0.1) is 6.04 Å². The maximum absolute atomic E-state index is 13.0. The smallest absolute Gasteiger partial charge is 0.251 e. The van der Waals surface area contributed by atoms with E-state index in [1.165, 1.54) is 18.2 Å². The lowest BCUT2D eigenvalue weighted by molar-refractivity contribution is -0.126. The fourth-order valence-electron chi connectivity index (χ4n) is 2.33. The maximum atomic E-state index is 13.0. The van der Waals surface area contributed by atoms with E-state index in [2.05, 4.69) is 5.32 Å². The van der Waals surface area contributed by atoms with Gasteiger partial charge in [0, 0.05) is 25.7 Å². The molecule has 1 atom stereocenters. The van der Waals surface area contributed by atoms with Crippen LogP contribution in [-0.2, 0) is 4.79 Å². The molecule has 4 nitrogen and oxygen atoms in total. The highest BCUT2D eigenvalue weighted by atomic mass is 19.1. The summed E-state index contributed by atoms with van der Waals surface area (Å²) >= 11 is 0. The number of carbonyl (C=O) groups is 2. The lowest BCUT2D eigenvalue weighted by Crippen LogP contribution is -2.27. The summed E-state index contributed by atoms with van der Waals surface area (Å²) in [6.07, 6.45) is 3.18. The van der Waals surface area contributed by atoms with Gasteiger partial charge in [-0.15, -0.1) is 0 Å². The van der Waals surface area contributed by atoms with Gasteiger partial charge in [-0.2, -0.15) is 0 Å². The van der Waals surface area contributed by atoms with Gasteiger partial charge in [0.2, 0.25) is 5.91 Å². The van der Waals surface area contributed by atoms with E-state index in [0.717, 1.165) is 11.1 Å². The first-order valence-corrected chi connectivity index (χ1v) is 7.95. The third-order valence-electron chi connectivity index (χ3n) is 4.10. The molecule has 0 aliphatic heterocycles. The van der Waals surface area contributed by atoms with E-state index in [1.807, 2.05) is 6.92 Å². The largest absolute Gasteiger partial charge is 0.355 e. The van der Waals surface area contributed by atoms with Gasteiger partial charge in [-0.3, -0.25) is 9.59 Å². The van der Waals surface area contributed by atoms with Crippen molar-refractivity contribution in [1.29, 1.82) is 0 Å². The fourth-order valence-corrected chi connectivity index (χ4v) is 2.33. The van der Waals surface area contributed by atoms with E-state index in [-0.39, 0.29) is 23.7 Å². The molecule has 0 aliphatic carbocycles. The summed E-state index contributed by atoms with van der Waals surface area (Å²) in [6, 6.07) is 12.9. The highest BCUT2D eigenvalue weighted by Crippen LogP contribution is 2.19. The number of halogens is 1. The monoisotopic (exact) mass is 340 g/mol. The van der Waals surface area contributed by atoms with Crippen molar-refractivity contribution < 1.29 is 14.0 Å². The Morgan fingerprint density at radius 2 is 1.68 bits per heavy atom. The van der Waals surface area contributed by atoms with Gasteiger partial charge in [-0.05, 0) is 48.4 Å². The van der Waals surface area contributed by atoms with Crippen molar-refractivity contribution in [2.45, 2.75) is 13.0 Å². The quantitative estimate of drug-likeness (QED) is 0.848. The van der Waals surface area contributed by atoms with Crippen molar-refractivity contribution >= 4 is 17.9 Å². The predicted molar refractivity (Wildman–Crippen MR) is 96.5 cm³/mol. The highest BCUT2D eigenvalue weighted by Gasteiger charge is 2.15. The topological polar surface area (TPSA) is 49.4 Å². The van der Waals surface area contributed by atoms with E-state index >= 15 is 0 Å². The average molecular weight is 340 g/mol. The second-order valence-electron chi connectivity index (χ2n) is 5.71. The minimum absolute atomic E-state index is 0.153. The number of hydrogen-bond donors (Lipinski definition) is 1. The number of nitrogens with one attached hydrogen (secondary N) is 1. The van der Waals surface area contributed by atoms with Crippen molar-refractivity contribution in [2.24, 2.45) is 0 Å². The van der Waals surface area contributed by atoms with Crippen LogP contribution in [0.4, 0.5) is 4.39 Å². The third-order valence-corrected chi connectivity index (χ3v) is 4.10. The van der Waals surface area contributed by atoms with Gasteiger partial charge < -0.3 is 10.2 Å². The average Bonchev–Trinajstić information content (AvgIpc) is 2.65. The Morgan fingerprint density at radius 3 is 2.24 bits per heavy atom. The first-order chi connectivity index (χ1) is 11.9. The molecule has 0 heterocycles. The summed E-state index contributed by atoms with van der Waals surface area (Å²) in [5, 5.41) is 2.56. The lowest BCUT2D eigenvalue weighted by Gasteiger charge is -2.24. The summed E-state index contributed by atoms with van der Waals surface area (Å²) in [5.74, 6) is -0.614. The van der Waals surface area contributed by atoms with E-state index in [9.17, 15) is 14.0 Å². The molecule has 0 radical (unpaired) electrons. The molecule has 0 saturated carbocycles. The number of carbonyl (C=O) groups excluding carboxylic acids is 2. The van der Waals surface area contributed by atoms with Crippen molar-refractivity contribution in [2.75, 3.05) is 14.1 Å². The molecule has 0 saturated heterocycles. The van der Waals surface area contributed by atoms with Crippen LogP contribution >= 0.6 is 0 Å². The predicted octanol–water partition coefficient (Wildman–Crippen LogP) is 3.42. The molecule has 2 aromatic carbocycles. The molecule has 1 N–H and O–H groups in total. The van der Waals surface area contributed by atoms with E-state index in [4.69, 9.17) is 0 Å². The standard InChI is InChI=1S/C20H21FN2O2/c1-14(16-9-11-18(21)12-10-16)23(3)19(24)13-6-15-4-7-17(8-5-15)20(25)22-2/h4-14H,1-3H3,(H,22,25)/b13-6+. The van der Waals surface area contributed by atoms with Crippen LogP contribution in [0.3, 0.4) is 0 Å². The first-order valence-electron chi connectivity index (χ1n) is 7.95. The molecule has 0 aliphatic rings. The molecule has 25 heavy (non-hydrogen) atoms. The van der Waals surface area contributed by atoms with Gasteiger partial charge in [0.1, 0.15) is 5.82 Å². The van der Waals surface area contributed by atoms with E-state index in [1.54, 1.807) is 61.5 Å². The van der Waals surface area contributed by atoms with Gasteiger partial charge in [0.25, 0.3) is 5.91 Å². The highest BCUT2D eigenvalue weighted by molar-refractivity contribution is 5.94. The van der Waals surface area contributed by atoms with Crippen LogP contribution in [0.25, 0.3) is 6.08 Å². The molecule has 130 valence electrons. The van der Waals surface area contributed by atoms with Gasteiger partial charge in [-0.1, -0.05) is 24.3 Å². The van der Waals surface area contributed by atoms with Crippen LogP contribution in [0, 0.1) is 5.82 Å². The lowest BCUT2D eigenvalue weighted by atomic mass is 10.1. The molecular weight excluding hydrogens is 319 g/mol. The Labute approximate surface area is 147 Å². The van der Waals surface area contributed by atoms with Crippen molar-refractivity contribution in [3.05, 3.63) is 77.1 Å². The molecule has 2 aromatic rings. The van der Waals surface area contributed by atoms with E-state index in [0.29, 0.717) is 5.56 Å². The molecule has 0 bridgehead atoms. The van der Waals surface area contributed by atoms with Crippen molar-refractivity contribution in [3.8, 4) is 0 Å². The van der Waals surface area contributed by atoms with Crippen LogP contribution < -0.4 is 5.32 Å². The number of nitrogens with zero attached hydrogens (tertiary/aromatic N) is 1. The zero-order valence-corrected chi connectivity index (χ0v) is 14.5. The number of likely N-dealkylation sites (N-methyl/N-ethyl adjacent to an activating group) is 1. The Bertz CT molecular complexity index is 767. The van der Waals surface area contributed by atoms with Crippen molar-refractivity contribution in [3.63, 3.8) is 0 Å². The van der Waals surface area contributed by atoms with E-state index < -0.39 is 0 Å². The molecule has 0 fully saturated rings. The Kier molecular flexibility index (Phi) is 6.06. The van der Waals surface area contributed by atoms with Crippen LogP contribution in [0.1, 0.15) is 34.5 Å². The SMILES string of the molecule is CNC(=O)c1ccc(/C=C/C(=O)N(C)C(C)c2ccc(F)cc2)cc1. The van der Waals surface area contributed by atoms with Gasteiger partial charge in [0.15, 0.2) is 0 Å². The molecule has 2 rings (SSSR count). The number of benzene rings is 2. The summed E-state index contributed by atoms with van der Waals surface area (Å²) in [4.78, 5) is 25.4. The van der Waals surface area contributed by atoms with Crippen molar-refractivity contribution in [1.82, 2.24) is 10.2 Å². The Morgan fingerprint density at radius 1 is 1.08 bits per heavy atom. The van der Waals surface area contributed by atoms with Crippen LogP contribution in [0.5, 0.6) is 0 Å². The molecular formula is C20H21FN2O2. The Hall–Kier alpha value is -2.95. The molecule has 1 unspecified atom stereocenters. The van der Waals surface area contributed by atoms with Crippen LogP contribution in [0.2, 0.25) is 0 Å². The maximum Gasteiger partial charge on any atom is 0.251 e. The summed E-state index contributed by atoms with van der Waals surface area (Å²) in [5.41, 5.74) is 2.25. The van der Waals surface area contributed by atoms with Gasteiger partial charge >= 0.3 is 0 Å². The molecule has 5 heteroatoms. The second-order valence-corrected chi connectivity index (χ2v) is 5.71. The summed E-state index contributed by atoms with van der Waals surface area (Å²) in [7, 11) is 3.28. The Balaban J connectivity index is 2.03. The first kappa shape index (κ1) is 18.4. The molecule has 2 amide bonds.